The first kappa shape index (κ1) is 16.8. The maximum atomic E-state index is 12.8. The monoisotopic (exact) mass is 349 g/mol. The quantitative estimate of drug-likeness (QED) is 0.923. The number of benzene rings is 1. The molecule has 1 aromatic carbocycles. The van der Waals surface area contributed by atoms with Crippen LogP contribution in [0.15, 0.2) is 48.8 Å². The SMILES string of the molecule is Cc1ccccc1C(=O)N1CC[C@@]2(C[C@H]2C(=O)NCc2ccncc2)C1. The molecule has 1 saturated carbocycles. The number of hydrogen-bond donors (Lipinski definition) is 1. The first-order chi connectivity index (χ1) is 12.6. The number of amides is 2. The van der Waals surface area contributed by atoms with E-state index in [0.717, 1.165) is 36.1 Å². The predicted molar refractivity (Wildman–Crippen MR) is 98.3 cm³/mol. The molecule has 1 aliphatic heterocycles. The number of carbonyl (C=O) groups is 2. The lowest BCUT2D eigenvalue weighted by molar-refractivity contribution is -0.123. The lowest BCUT2D eigenvalue weighted by atomic mass is 10.0. The number of nitrogens with zero attached hydrogens (tertiary/aromatic N) is 2. The lowest BCUT2D eigenvalue weighted by Gasteiger charge is -2.18. The largest absolute Gasteiger partial charge is 0.352 e. The number of carbonyl (C=O) groups excluding carboxylic acids is 2. The van der Waals surface area contributed by atoms with Crippen molar-refractivity contribution in [1.82, 2.24) is 15.2 Å². The summed E-state index contributed by atoms with van der Waals surface area (Å²) in [6.07, 6.45) is 5.25. The van der Waals surface area contributed by atoms with Crippen LogP contribution in [0.25, 0.3) is 0 Å². The van der Waals surface area contributed by atoms with E-state index in [0.29, 0.717) is 13.1 Å². The molecule has 134 valence electrons. The third kappa shape index (κ3) is 3.09. The Bertz CT molecular complexity index is 836. The number of aryl methyl sites for hydroxylation is 1. The van der Waals surface area contributed by atoms with Crippen molar-refractivity contribution in [3.05, 3.63) is 65.5 Å². The van der Waals surface area contributed by atoms with Crippen molar-refractivity contribution in [2.45, 2.75) is 26.3 Å². The molecule has 1 N–H and O–H groups in total. The number of aromatic nitrogens is 1. The molecule has 4 rings (SSSR count). The normalized spacial score (nSPS) is 23.9. The van der Waals surface area contributed by atoms with Crippen LogP contribution >= 0.6 is 0 Å². The molecule has 2 atom stereocenters. The van der Waals surface area contributed by atoms with Crippen molar-refractivity contribution in [2.75, 3.05) is 13.1 Å². The fourth-order valence-corrected chi connectivity index (χ4v) is 4.03. The molecule has 26 heavy (non-hydrogen) atoms. The van der Waals surface area contributed by atoms with Gasteiger partial charge in [-0.15, -0.1) is 0 Å². The number of rotatable bonds is 4. The van der Waals surface area contributed by atoms with Crippen LogP contribution in [0.2, 0.25) is 0 Å². The van der Waals surface area contributed by atoms with Crippen LogP contribution in [0, 0.1) is 18.3 Å². The maximum absolute atomic E-state index is 12.8. The van der Waals surface area contributed by atoms with E-state index in [1.165, 1.54) is 0 Å². The van der Waals surface area contributed by atoms with Crippen LogP contribution in [-0.2, 0) is 11.3 Å². The van der Waals surface area contributed by atoms with Gasteiger partial charge in [0, 0.05) is 48.9 Å². The molecule has 1 aromatic heterocycles. The molecule has 1 aliphatic carbocycles. The second kappa shape index (κ2) is 6.56. The Morgan fingerprint density at radius 2 is 2.00 bits per heavy atom. The summed E-state index contributed by atoms with van der Waals surface area (Å²) in [4.78, 5) is 31.2. The Morgan fingerprint density at radius 3 is 2.77 bits per heavy atom. The third-order valence-electron chi connectivity index (χ3n) is 5.77. The molecule has 2 aromatic rings. The Morgan fingerprint density at radius 1 is 1.23 bits per heavy atom. The highest BCUT2D eigenvalue weighted by molar-refractivity contribution is 5.96. The zero-order chi connectivity index (χ0) is 18.1. The van der Waals surface area contributed by atoms with E-state index < -0.39 is 0 Å². The van der Waals surface area contributed by atoms with E-state index in [4.69, 9.17) is 0 Å². The summed E-state index contributed by atoms with van der Waals surface area (Å²) in [6.45, 7) is 3.92. The fraction of sp³-hybridized carbons (Fsp3) is 0.381. The van der Waals surface area contributed by atoms with Gasteiger partial charge in [0.05, 0.1) is 0 Å². The van der Waals surface area contributed by atoms with Crippen molar-refractivity contribution >= 4 is 11.8 Å². The van der Waals surface area contributed by atoms with E-state index in [-0.39, 0.29) is 23.1 Å². The summed E-state index contributed by atoms with van der Waals surface area (Å²) in [5.41, 5.74) is 2.80. The molecular weight excluding hydrogens is 326 g/mol. The number of nitrogens with one attached hydrogen (secondary N) is 1. The van der Waals surface area contributed by atoms with E-state index in [2.05, 4.69) is 10.3 Å². The van der Waals surface area contributed by atoms with Crippen molar-refractivity contribution < 1.29 is 9.59 Å². The summed E-state index contributed by atoms with van der Waals surface area (Å²) < 4.78 is 0. The first-order valence-electron chi connectivity index (χ1n) is 9.11. The highest BCUT2D eigenvalue weighted by Gasteiger charge is 2.61. The Balaban J connectivity index is 1.35. The molecule has 2 aliphatic rings. The van der Waals surface area contributed by atoms with E-state index in [9.17, 15) is 9.59 Å². The topological polar surface area (TPSA) is 62.3 Å². The summed E-state index contributed by atoms with van der Waals surface area (Å²) in [5.74, 6) is 0.217. The van der Waals surface area contributed by atoms with Gasteiger partial charge in [-0.1, -0.05) is 18.2 Å². The minimum absolute atomic E-state index is 0.0132. The van der Waals surface area contributed by atoms with Gasteiger partial charge in [0.1, 0.15) is 0 Å². The average Bonchev–Trinajstić information content (AvgIpc) is 3.20. The number of hydrogen-bond acceptors (Lipinski definition) is 3. The van der Waals surface area contributed by atoms with Crippen LogP contribution in [0.1, 0.15) is 34.3 Å². The molecule has 5 heteroatoms. The minimum atomic E-state index is -0.0132. The smallest absolute Gasteiger partial charge is 0.254 e. The van der Waals surface area contributed by atoms with Crippen LogP contribution in [0.5, 0.6) is 0 Å². The maximum Gasteiger partial charge on any atom is 0.254 e. The van der Waals surface area contributed by atoms with Crippen molar-refractivity contribution in [2.24, 2.45) is 11.3 Å². The second-order valence-corrected chi connectivity index (χ2v) is 7.48. The summed E-state index contributed by atoms with van der Waals surface area (Å²) in [6, 6.07) is 11.5. The van der Waals surface area contributed by atoms with Gasteiger partial charge in [-0.05, 0) is 49.1 Å². The van der Waals surface area contributed by atoms with Gasteiger partial charge in [0.2, 0.25) is 5.91 Å². The highest BCUT2D eigenvalue weighted by Crippen LogP contribution is 2.58. The fourth-order valence-electron chi connectivity index (χ4n) is 4.03. The van der Waals surface area contributed by atoms with Gasteiger partial charge in [0.15, 0.2) is 0 Å². The zero-order valence-electron chi connectivity index (χ0n) is 14.9. The molecular formula is C21H23N3O2. The van der Waals surface area contributed by atoms with Crippen LogP contribution in [0.4, 0.5) is 0 Å². The first-order valence-corrected chi connectivity index (χ1v) is 9.11. The van der Waals surface area contributed by atoms with Crippen molar-refractivity contribution in [3.63, 3.8) is 0 Å². The van der Waals surface area contributed by atoms with Gasteiger partial charge in [-0.25, -0.2) is 0 Å². The van der Waals surface area contributed by atoms with E-state index in [1.54, 1.807) is 12.4 Å². The molecule has 0 unspecified atom stereocenters. The Kier molecular flexibility index (Phi) is 4.23. The number of likely N-dealkylation sites (tertiary alicyclic amines) is 1. The van der Waals surface area contributed by atoms with Gasteiger partial charge >= 0.3 is 0 Å². The Labute approximate surface area is 153 Å². The summed E-state index contributed by atoms with van der Waals surface area (Å²) >= 11 is 0. The molecule has 2 fully saturated rings. The molecule has 0 bridgehead atoms. The van der Waals surface area contributed by atoms with E-state index in [1.807, 2.05) is 48.2 Å². The summed E-state index contributed by atoms with van der Waals surface area (Å²) in [5, 5.41) is 3.03. The highest BCUT2D eigenvalue weighted by atomic mass is 16.2. The minimum Gasteiger partial charge on any atom is -0.352 e. The second-order valence-electron chi connectivity index (χ2n) is 7.48. The number of pyridine rings is 1. The zero-order valence-corrected chi connectivity index (χ0v) is 14.9. The molecule has 0 radical (unpaired) electrons. The van der Waals surface area contributed by atoms with Crippen molar-refractivity contribution in [3.8, 4) is 0 Å². The molecule has 1 saturated heterocycles. The van der Waals surface area contributed by atoms with Gasteiger partial charge in [-0.2, -0.15) is 0 Å². The third-order valence-corrected chi connectivity index (χ3v) is 5.77. The van der Waals surface area contributed by atoms with Gasteiger partial charge < -0.3 is 10.2 Å². The Hall–Kier alpha value is -2.69. The molecule has 1 spiro atoms. The van der Waals surface area contributed by atoms with Gasteiger partial charge in [0.25, 0.3) is 5.91 Å². The van der Waals surface area contributed by atoms with E-state index >= 15 is 0 Å². The lowest BCUT2D eigenvalue weighted by Crippen LogP contribution is -2.31. The van der Waals surface area contributed by atoms with Crippen molar-refractivity contribution in [1.29, 1.82) is 0 Å². The molecule has 5 nitrogen and oxygen atoms in total. The van der Waals surface area contributed by atoms with Crippen LogP contribution in [0.3, 0.4) is 0 Å². The molecule has 2 heterocycles. The van der Waals surface area contributed by atoms with Crippen LogP contribution < -0.4 is 5.32 Å². The average molecular weight is 349 g/mol. The van der Waals surface area contributed by atoms with Crippen LogP contribution in [-0.4, -0.2) is 34.8 Å². The summed E-state index contributed by atoms with van der Waals surface area (Å²) in [7, 11) is 0. The van der Waals surface area contributed by atoms with Gasteiger partial charge in [-0.3, -0.25) is 14.6 Å². The predicted octanol–water partition coefficient (Wildman–Crippen LogP) is 2.56. The molecule has 2 amide bonds. The standard InChI is InChI=1S/C21H23N3O2/c1-15-4-2-3-5-17(15)20(26)24-11-8-21(14-24)12-18(21)19(25)23-13-16-6-9-22-10-7-16/h2-7,9-10,18H,8,11-14H2,1H3,(H,23,25)/t18-,21+/m0/s1.